The van der Waals surface area contributed by atoms with Gasteiger partial charge in [-0.3, -0.25) is 4.79 Å². The zero-order chi connectivity index (χ0) is 14.2. The first kappa shape index (κ1) is 13.4. The minimum atomic E-state index is -0.747. The highest BCUT2D eigenvalue weighted by molar-refractivity contribution is 5.78. The van der Waals surface area contributed by atoms with E-state index in [0.29, 0.717) is 19.5 Å². The van der Waals surface area contributed by atoms with Crippen molar-refractivity contribution in [3.8, 4) is 5.75 Å². The Morgan fingerprint density at radius 2 is 2.20 bits per heavy atom. The van der Waals surface area contributed by atoms with E-state index < -0.39 is 5.60 Å². The number of carbonyl (C=O) groups excluding carboxylic acids is 1. The quantitative estimate of drug-likeness (QED) is 0.910. The van der Waals surface area contributed by atoms with Crippen LogP contribution in [0.2, 0.25) is 0 Å². The van der Waals surface area contributed by atoms with Gasteiger partial charge in [-0.2, -0.15) is 0 Å². The number of ether oxygens (including phenoxy) is 1. The predicted molar refractivity (Wildman–Crippen MR) is 75.8 cm³/mol. The maximum atomic E-state index is 12.0. The molecule has 1 fully saturated rings. The SMILES string of the molecule is CC1(O)CCN(C(=O)COc2ccc3c(c2)CCC3)C1. The molecule has 2 aliphatic rings. The summed E-state index contributed by atoms with van der Waals surface area (Å²) in [5.74, 6) is 0.716. The Morgan fingerprint density at radius 3 is 2.95 bits per heavy atom. The summed E-state index contributed by atoms with van der Waals surface area (Å²) in [4.78, 5) is 13.7. The second kappa shape index (κ2) is 5.09. The number of aryl methyl sites for hydroxylation is 2. The summed E-state index contributed by atoms with van der Waals surface area (Å²) in [6, 6.07) is 6.09. The highest BCUT2D eigenvalue weighted by Gasteiger charge is 2.33. The minimum absolute atomic E-state index is 0.0505. The van der Waals surface area contributed by atoms with Crippen LogP contribution in [0.25, 0.3) is 0 Å². The number of β-amino-alcohol motifs (C(OH)–C–C–N with tert-alkyl or cyclic N) is 1. The largest absolute Gasteiger partial charge is 0.484 e. The zero-order valence-corrected chi connectivity index (χ0v) is 11.9. The molecule has 0 saturated carbocycles. The van der Waals surface area contributed by atoms with Gasteiger partial charge in [-0.15, -0.1) is 0 Å². The second-order valence-corrected chi connectivity index (χ2v) is 6.13. The molecule has 0 aromatic heterocycles. The van der Waals surface area contributed by atoms with Crippen LogP contribution in [-0.4, -0.2) is 41.2 Å². The number of hydrogen-bond donors (Lipinski definition) is 1. The number of fused-ring (bicyclic) bond motifs is 1. The Morgan fingerprint density at radius 1 is 1.40 bits per heavy atom. The summed E-state index contributed by atoms with van der Waals surface area (Å²) in [5.41, 5.74) is 2.00. The topological polar surface area (TPSA) is 49.8 Å². The van der Waals surface area contributed by atoms with E-state index in [-0.39, 0.29) is 12.5 Å². The molecule has 20 heavy (non-hydrogen) atoms. The van der Waals surface area contributed by atoms with E-state index in [9.17, 15) is 9.90 Å². The summed E-state index contributed by atoms with van der Waals surface area (Å²) in [7, 11) is 0. The number of carbonyl (C=O) groups is 1. The summed E-state index contributed by atoms with van der Waals surface area (Å²) < 4.78 is 5.60. The van der Waals surface area contributed by atoms with Gasteiger partial charge in [-0.1, -0.05) is 6.07 Å². The average molecular weight is 275 g/mol. The van der Waals surface area contributed by atoms with Crippen LogP contribution in [0.3, 0.4) is 0 Å². The van der Waals surface area contributed by atoms with Gasteiger partial charge in [-0.25, -0.2) is 0 Å². The number of benzene rings is 1. The molecule has 1 N–H and O–H groups in total. The molecule has 1 aromatic rings. The maximum absolute atomic E-state index is 12.0. The Balaban J connectivity index is 1.56. The van der Waals surface area contributed by atoms with E-state index in [1.165, 1.54) is 17.5 Å². The molecule has 1 aromatic carbocycles. The maximum Gasteiger partial charge on any atom is 0.260 e. The molecule has 0 bridgehead atoms. The molecule has 1 aliphatic carbocycles. The van der Waals surface area contributed by atoms with E-state index in [1.54, 1.807) is 11.8 Å². The molecule has 1 unspecified atom stereocenters. The molecular formula is C16H21NO3. The molecule has 0 radical (unpaired) electrons. The van der Waals surface area contributed by atoms with Crippen LogP contribution in [0.15, 0.2) is 18.2 Å². The fourth-order valence-electron chi connectivity index (χ4n) is 3.03. The van der Waals surface area contributed by atoms with Crippen molar-refractivity contribution in [2.24, 2.45) is 0 Å². The third-order valence-electron chi connectivity index (χ3n) is 4.24. The van der Waals surface area contributed by atoms with Crippen molar-refractivity contribution < 1.29 is 14.6 Å². The Bertz CT molecular complexity index is 524. The van der Waals surface area contributed by atoms with E-state index in [1.807, 2.05) is 6.07 Å². The van der Waals surface area contributed by atoms with Crippen LogP contribution in [0, 0.1) is 0 Å². The van der Waals surface area contributed by atoms with E-state index in [4.69, 9.17) is 4.74 Å². The van der Waals surface area contributed by atoms with Crippen LogP contribution >= 0.6 is 0 Å². The fraction of sp³-hybridized carbons (Fsp3) is 0.562. The monoisotopic (exact) mass is 275 g/mol. The smallest absolute Gasteiger partial charge is 0.260 e. The molecule has 1 atom stereocenters. The summed E-state index contributed by atoms with van der Waals surface area (Å²) in [6.07, 6.45) is 4.10. The van der Waals surface area contributed by atoms with Crippen LogP contribution in [0.5, 0.6) is 5.75 Å². The van der Waals surface area contributed by atoms with Gasteiger partial charge in [0.1, 0.15) is 5.75 Å². The van der Waals surface area contributed by atoms with E-state index >= 15 is 0 Å². The molecule has 1 amide bonds. The fourth-order valence-corrected chi connectivity index (χ4v) is 3.03. The molecule has 1 saturated heterocycles. The molecule has 1 heterocycles. The van der Waals surface area contributed by atoms with Crippen LogP contribution in [0.4, 0.5) is 0 Å². The number of hydrogen-bond acceptors (Lipinski definition) is 3. The first-order chi connectivity index (χ1) is 9.53. The zero-order valence-electron chi connectivity index (χ0n) is 11.9. The summed E-state index contributed by atoms with van der Waals surface area (Å²) >= 11 is 0. The van der Waals surface area contributed by atoms with E-state index in [2.05, 4.69) is 12.1 Å². The number of likely N-dealkylation sites (tertiary alicyclic amines) is 1. The van der Waals surface area contributed by atoms with Gasteiger partial charge >= 0.3 is 0 Å². The van der Waals surface area contributed by atoms with E-state index in [0.717, 1.165) is 18.6 Å². The van der Waals surface area contributed by atoms with Gasteiger partial charge in [0, 0.05) is 13.1 Å². The lowest BCUT2D eigenvalue weighted by atomic mass is 10.1. The highest BCUT2D eigenvalue weighted by Crippen LogP contribution is 2.26. The van der Waals surface area contributed by atoms with Crippen molar-refractivity contribution in [3.63, 3.8) is 0 Å². The molecule has 0 spiro atoms. The van der Waals surface area contributed by atoms with Crippen molar-refractivity contribution in [1.82, 2.24) is 4.90 Å². The first-order valence-corrected chi connectivity index (χ1v) is 7.28. The standard InChI is InChI=1S/C16H21NO3/c1-16(19)7-8-17(11-16)15(18)10-20-14-6-5-12-3-2-4-13(12)9-14/h5-6,9,19H,2-4,7-8,10-11H2,1H3. The van der Waals surface area contributed by atoms with Gasteiger partial charge in [0.25, 0.3) is 5.91 Å². The second-order valence-electron chi connectivity index (χ2n) is 6.13. The van der Waals surface area contributed by atoms with Crippen LogP contribution < -0.4 is 4.74 Å². The van der Waals surface area contributed by atoms with Crippen molar-refractivity contribution in [1.29, 1.82) is 0 Å². The molecule has 3 rings (SSSR count). The highest BCUT2D eigenvalue weighted by atomic mass is 16.5. The minimum Gasteiger partial charge on any atom is -0.484 e. The molecule has 1 aliphatic heterocycles. The lowest BCUT2D eigenvalue weighted by Gasteiger charge is -2.19. The Hall–Kier alpha value is -1.55. The van der Waals surface area contributed by atoms with Crippen molar-refractivity contribution >= 4 is 5.91 Å². The predicted octanol–water partition coefficient (Wildman–Crippen LogP) is 1.54. The van der Waals surface area contributed by atoms with Crippen LogP contribution in [-0.2, 0) is 17.6 Å². The number of amides is 1. The third-order valence-corrected chi connectivity index (χ3v) is 4.24. The molecule has 4 nitrogen and oxygen atoms in total. The van der Waals surface area contributed by atoms with Crippen molar-refractivity contribution in [2.75, 3.05) is 19.7 Å². The van der Waals surface area contributed by atoms with Gasteiger partial charge < -0.3 is 14.7 Å². The Kier molecular flexibility index (Phi) is 3.42. The normalized spacial score (nSPS) is 24.8. The number of rotatable bonds is 3. The lowest BCUT2D eigenvalue weighted by molar-refractivity contribution is -0.133. The molecular weight excluding hydrogens is 254 g/mol. The third kappa shape index (κ3) is 2.80. The summed E-state index contributed by atoms with van der Waals surface area (Å²) in [5, 5.41) is 9.87. The first-order valence-electron chi connectivity index (χ1n) is 7.28. The summed E-state index contributed by atoms with van der Waals surface area (Å²) in [6.45, 7) is 2.83. The number of nitrogens with zero attached hydrogens (tertiary/aromatic N) is 1. The average Bonchev–Trinajstić information content (AvgIpc) is 3.01. The molecule has 4 heteroatoms. The van der Waals surface area contributed by atoms with Crippen molar-refractivity contribution in [2.45, 2.75) is 38.2 Å². The van der Waals surface area contributed by atoms with Gasteiger partial charge in [0.15, 0.2) is 6.61 Å². The van der Waals surface area contributed by atoms with Gasteiger partial charge in [0.2, 0.25) is 0 Å². The molecule has 108 valence electrons. The number of aliphatic hydroxyl groups is 1. The lowest BCUT2D eigenvalue weighted by Crippen LogP contribution is -2.36. The van der Waals surface area contributed by atoms with Gasteiger partial charge in [0.05, 0.1) is 5.60 Å². The van der Waals surface area contributed by atoms with Crippen LogP contribution in [0.1, 0.15) is 30.9 Å². The van der Waals surface area contributed by atoms with Gasteiger partial charge in [-0.05, 0) is 55.9 Å². The Labute approximate surface area is 119 Å². The van der Waals surface area contributed by atoms with Crippen molar-refractivity contribution in [3.05, 3.63) is 29.3 Å².